The third-order valence-electron chi connectivity index (χ3n) is 3.60. The smallest absolute Gasteiger partial charge is 0.335 e. The Morgan fingerprint density at radius 3 is 2.50 bits per heavy atom. The lowest BCUT2D eigenvalue weighted by atomic mass is 9.97. The fourth-order valence-corrected chi connectivity index (χ4v) is 2.32. The zero-order valence-electron chi connectivity index (χ0n) is 13.3. The predicted octanol–water partition coefficient (Wildman–Crippen LogP) is 4.79. The van der Waals surface area contributed by atoms with Crippen LogP contribution in [0.1, 0.15) is 36.2 Å². The number of aromatic carboxylic acids is 1. The molecule has 22 heavy (non-hydrogen) atoms. The van der Waals surface area contributed by atoms with Crippen molar-refractivity contribution in [3.05, 3.63) is 53.6 Å². The summed E-state index contributed by atoms with van der Waals surface area (Å²) in [5.41, 5.74) is 3.24. The van der Waals surface area contributed by atoms with Crippen molar-refractivity contribution in [2.45, 2.75) is 27.2 Å². The standard InChI is InChI=1S/C19H22O3/c1-13(2)10-11-22-18-7-5-4-6-17(18)16-9-8-15(19(20)21)12-14(16)3/h4-9,12-13H,10-11H2,1-3H3,(H,20,21). The van der Waals surface area contributed by atoms with E-state index in [2.05, 4.69) is 13.8 Å². The van der Waals surface area contributed by atoms with Crippen LogP contribution in [-0.4, -0.2) is 17.7 Å². The summed E-state index contributed by atoms with van der Waals surface area (Å²) in [6, 6.07) is 13.1. The topological polar surface area (TPSA) is 46.5 Å². The summed E-state index contributed by atoms with van der Waals surface area (Å²) in [5, 5.41) is 9.07. The molecular weight excluding hydrogens is 276 g/mol. The van der Waals surface area contributed by atoms with Crippen molar-refractivity contribution in [3.8, 4) is 16.9 Å². The number of aryl methyl sites for hydroxylation is 1. The zero-order valence-corrected chi connectivity index (χ0v) is 13.3. The average Bonchev–Trinajstić information content (AvgIpc) is 2.47. The van der Waals surface area contributed by atoms with E-state index in [0.717, 1.165) is 28.9 Å². The summed E-state index contributed by atoms with van der Waals surface area (Å²) in [5.74, 6) is 0.536. The van der Waals surface area contributed by atoms with E-state index in [1.54, 1.807) is 12.1 Å². The number of carboxylic acid groups (broad SMARTS) is 1. The lowest BCUT2D eigenvalue weighted by molar-refractivity contribution is 0.0697. The predicted molar refractivity (Wildman–Crippen MR) is 88.5 cm³/mol. The Morgan fingerprint density at radius 2 is 1.86 bits per heavy atom. The van der Waals surface area contributed by atoms with Crippen LogP contribution in [0.3, 0.4) is 0 Å². The van der Waals surface area contributed by atoms with E-state index >= 15 is 0 Å². The number of hydrogen-bond donors (Lipinski definition) is 1. The Bertz CT molecular complexity index is 659. The van der Waals surface area contributed by atoms with Gasteiger partial charge >= 0.3 is 5.97 Å². The Kier molecular flexibility index (Phi) is 5.21. The van der Waals surface area contributed by atoms with E-state index in [4.69, 9.17) is 9.84 Å². The minimum Gasteiger partial charge on any atom is -0.493 e. The molecule has 0 amide bonds. The molecule has 0 radical (unpaired) electrons. The molecule has 0 heterocycles. The number of rotatable bonds is 6. The Morgan fingerprint density at radius 1 is 1.14 bits per heavy atom. The highest BCUT2D eigenvalue weighted by molar-refractivity contribution is 5.89. The zero-order chi connectivity index (χ0) is 16.1. The van der Waals surface area contributed by atoms with Crippen molar-refractivity contribution < 1.29 is 14.6 Å². The quantitative estimate of drug-likeness (QED) is 0.834. The molecule has 2 rings (SSSR count). The fourth-order valence-electron chi connectivity index (χ4n) is 2.32. The van der Waals surface area contributed by atoms with E-state index in [1.165, 1.54) is 0 Å². The van der Waals surface area contributed by atoms with Gasteiger partial charge in [0.05, 0.1) is 12.2 Å². The van der Waals surface area contributed by atoms with E-state index < -0.39 is 5.97 Å². The third-order valence-corrected chi connectivity index (χ3v) is 3.60. The molecule has 0 unspecified atom stereocenters. The van der Waals surface area contributed by atoms with Gasteiger partial charge in [-0.25, -0.2) is 4.79 Å². The minimum absolute atomic E-state index is 0.305. The summed E-state index contributed by atoms with van der Waals surface area (Å²) in [4.78, 5) is 11.0. The van der Waals surface area contributed by atoms with Gasteiger partial charge in [-0.3, -0.25) is 0 Å². The highest BCUT2D eigenvalue weighted by Gasteiger charge is 2.11. The van der Waals surface area contributed by atoms with Gasteiger partial charge in [0.1, 0.15) is 5.75 Å². The first-order chi connectivity index (χ1) is 10.5. The van der Waals surface area contributed by atoms with Crippen LogP contribution in [-0.2, 0) is 0 Å². The van der Waals surface area contributed by atoms with Gasteiger partial charge in [-0.2, -0.15) is 0 Å². The van der Waals surface area contributed by atoms with Crippen LogP contribution in [0.4, 0.5) is 0 Å². The highest BCUT2D eigenvalue weighted by atomic mass is 16.5. The molecule has 3 heteroatoms. The normalized spacial score (nSPS) is 10.7. The molecule has 2 aromatic carbocycles. The van der Waals surface area contributed by atoms with Gasteiger partial charge in [-0.1, -0.05) is 38.1 Å². The highest BCUT2D eigenvalue weighted by Crippen LogP contribution is 2.32. The number of benzene rings is 2. The maximum Gasteiger partial charge on any atom is 0.335 e. The Labute approximate surface area is 131 Å². The molecular formula is C19H22O3. The summed E-state index contributed by atoms with van der Waals surface area (Å²) in [6.07, 6.45) is 1.01. The molecule has 0 saturated heterocycles. The van der Waals surface area contributed by atoms with Crippen LogP contribution in [0.2, 0.25) is 0 Å². The lowest BCUT2D eigenvalue weighted by Gasteiger charge is -2.14. The van der Waals surface area contributed by atoms with E-state index in [1.807, 2.05) is 37.3 Å². The maximum absolute atomic E-state index is 11.0. The van der Waals surface area contributed by atoms with E-state index in [9.17, 15) is 4.79 Å². The number of para-hydroxylation sites is 1. The summed E-state index contributed by atoms with van der Waals surface area (Å²) < 4.78 is 5.92. The van der Waals surface area contributed by atoms with Crippen molar-refractivity contribution >= 4 is 5.97 Å². The van der Waals surface area contributed by atoms with Crippen LogP contribution in [0.25, 0.3) is 11.1 Å². The van der Waals surface area contributed by atoms with Crippen LogP contribution in [0, 0.1) is 12.8 Å². The van der Waals surface area contributed by atoms with E-state index in [0.29, 0.717) is 18.1 Å². The van der Waals surface area contributed by atoms with Crippen LogP contribution in [0.15, 0.2) is 42.5 Å². The summed E-state index contributed by atoms with van der Waals surface area (Å²) >= 11 is 0. The Balaban J connectivity index is 2.30. The summed E-state index contributed by atoms with van der Waals surface area (Å²) in [7, 11) is 0. The number of carboxylic acids is 1. The number of hydrogen-bond acceptors (Lipinski definition) is 2. The van der Waals surface area contributed by atoms with Crippen molar-refractivity contribution in [2.24, 2.45) is 5.92 Å². The second-order valence-electron chi connectivity index (χ2n) is 5.86. The van der Waals surface area contributed by atoms with Gasteiger partial charge in [0, 0.05) is 5.56 Å². The van der Waals surface area contributed by atoms with Crippen LogP contribution in [0.5, 0.6) is 5.75 Å². The minimum atomic E-state index is -0.906. The maximum atomic E-state index is 11.0. The molecule has 116 valence electrons. The molecule has 0 bridgehead atoms. The SMILES string of the molecule is Cc1cc(C(=O)O)ccc1-c1ccccc1OCCC(C)C. The van der Waals surface area contributed by atoms with Crippen molar-refractivity contribution in [1.29, 1.82) is 0 Å². The van der Waals surface area contributed by atoms with Crippen molar-refractivity contribution in [3.63, 3.8) is 0 Å². The molecule has 0 aromatic heterocycles. The van der Waals surface area contributed by atoms with Gasteiger partial charge in [0.15, 0.2) is 0 Å². The second kappa shape index (κ2) is 7.12. The number of ether oxygens (including phenoxy) is 1. The summed E-state index contributed by atoms with van der Waals surface area (Å²) in [6.45, 7) is 6.95. The third kappa shape index (κ3) is 3.88. The second-order valence-corrected chi connectivity index (χ2v) is 5.86. The molecule has 2 aromatic rings. The molecule has 0 saturated carbocycles. The van der Waals surface area contributed by atoms with Gasteiger partial charge in [0.2, 0.25) is 0 Å². The van der Waals surface area contributed by atoms with Crippen molar-refractivity contribution in [2.75, 3.05) is 6.61 Å². The molecule has 0 aliphatic heterocycles. The van der Waals surface area contributed by atoms with Crippen LogP contribution < -0.4 is 4.74 Å². The molecule has 3 nitrogen and oxygen atoms in total. The van der Waals surface area contributed by atoms with Gasteiger partial charge in [0.25, 0.3) is 0 Å². The first-order valence-electron chi connectivity index (χ1n) is 7.55. The molecule has 0 fully saturated rings. The molecule has 0 aliphatic rings. The molecule has 0 atom stereocenters. The average molecular weight is 298 g/mol. The van der Waals surface area contributed by atoms with Gasteiger partial charge < -0.3 is 9.84 Å². The van der Waals surface area contributed by atoms with Gasteiger partial charge in [-0.15, -0.1) is 0 Å². The molecule has 0 spiro atoms. The largest absolute Gasteiger partial charge is 0.493 e. The monoisotopic (exact) mass is 298 g/mol. The van der Waals surface area contributed by atoms with Gasteiger partial charge in [-0.05, 0) is 48.6 Å². The molecule has 0 aliphatic carbocycles. The Hall–Kier alpha value is -2.29. The first kappa shape index (κ1) is 16.1. The molecule has 1 N–H and O–H groups in total. The van der Waals surface area contributed by atoms with Crippen molar-refractivity contribution in [1.82, 2.24) is 0 Å². The first-order valence-corrected chi connectivity index (χ1v) is 7.55. The fraction of sp³-hybridized carbons (Fsp3) is 0.316. The number of carbonyl (C=O) groups is 1. The lowest BCUT2D eigenvalue weighted by Crippen LogP contribution is -2.03. The van der Waals surface area contributed by atoms with Crippen LogP contribution >= 0.6 is 0 Å². The van der Waals surface area contributed by atoms with E-state index in [-0.39, 0.29) is 0 Å².